The van der Waals surface area contributed by atoms with E-state index >= 15 is 0 Å². The summed E-state index contributed by atoms with van der Waals surface area (Å²) in [5.41, 5.74) is 0. The largest absolute Gasteiger partial charge is 0.391 e. The van der Waals surface area contributed by atoms with Gasteiger partial charge in [-0.05, 0) is 25.7 Å². The lowest BCUT2D eigenvalue weighted by molar-refractivity contribution is -0.175. The number of fused-ring (bicyclic) bond motifs is 2. The van der Waals surface area contributed by atoms with E-state index in [-0.39, 0.29) is 17.9 Å². The number of ether oxygens (including phenoxy) is 1. The number of rotatable bonds is 1. The third-order valence-corrected chi connectivity index (χ3v) is 4.07. The van der Waals surface area contributed by atoms with Gasteiger partial charge >= 0.3 is 0 Å². The van der Waals surface area contributed by atoms with E-state index in [1.807, 2.05) is 0 Å². The van der Waals surface area contributed by atoms with Gasteiger partial charge in [0.1, 0.15) is 12.2 Å². The lowest BCUT2D eigenvalue weighted by Crippen LogP contribution is -2.59. The first-order valence-electron chi connectivity index (χ1n) is 6.39. The van der Waals surface area contributed by atoms with Gasteiger partial charge in [0.15, 0.2) is 0 Å². The van der Waals surface area contributed by atoms with E-state index in [0.29, 0.717) is 19.3 Å². The smallest absolute Gasteiger partial charge is 0.258 e. The molecule has 0 radical (unpaired) electrons. The highest BCUT2D eigenvalue weighted by Crippen LogP contribution is 2.33. The molecule has 0 spiro atoms. The molecular weight excluding hydrogens is 222 g/mol. The van der Waals surface area contributed by atoms with E-state index in [9.17, 15) is 14.7 Å². The number of hydrogen-bond donors (Lipinski definition) is 1. The minimum Gasteiger partial charge on any atom is -0.391 e. The topological polar surface area (TPSA) is 66.8 Å². The molecule has 1 aliphatic carbocycles. The predicted octanol–water partition coefficient (Wildman–Crippen LogP) is 0.206. The molecule has 2 heterocycles. The number of hydrogen-bond acceptors (Lipinski definition) is 4. The molecule has 0 aromatic heterocycles. The van der Waals surface area contributed by atoms with Crippen LogP contribution in [0.3, 0.4) is 0 Å². The Labute approximate surface area is 99.7 Å². The van der Waals surface area contributed by atoms with Crippen LogP contribution < -0.4 is 0 Å². The Kier molecular flexibility index (Phi) is 2.67. The SMILES string of the molecule is O=C1C2CCC(O2)C(=O)N1C1CCCCC1O. The molecule has 0 aromatic rings. The molecule has 17 heavy (non-hydrogen) atoms. The first kappa shape index (κ1) is 11.2. The van der Waals surface area contributed by atoms with Gasteiger partial charge in [0.2, 0.25) is 0 Å². The summed E-state index contributed by atoms with van der Waals surface area (Å²) in [6.45, 7) is 0. The van der Waals surface area contributed by atoms with Gasteiger partial charge in [-0.25, -0.2) is 0 Å². The van der Waals surface area contributed by atoms with Crippen LogP contribution in [0.25, 0.3) is 0 Å². The van der Waals surface area contributed by atoms with Crippen molar-refractivity contribution in [3.05, 3.63) is 0 Å². The molecule has 2 saturated heterocycles. The molecule has 2 amide bonds. The highest BCUT2D eigenvalue weighted by Gasteiger charge is 2.50. The maximum Gasteiger partial charge on any atom is 0.258 e. The molecule has 2 aliphatic heterocycles. The average molecular weight is 239 g/mol. The van der Waals surface area contributed by atoms with Crippen LogP contribution in [-0.2, 0) is 14.3 Å². The van der Waals surface area contributed by atoms with Gasteiger partial charge < -0.3 is 9.84 Å². The average Bonchev–Trinajstić information content (AvgIpc) is 2.76. The third-order valence-electron chi connectivity index (χ3n) is 4.07. The van der Waals surface area contributed by atoms with Crippen LogP contribution in [0.1, 0.15) is 38.5 Å². The Morgan fingerprint density at radius 3 is 2.18 bits per heavy atom. The molecule has 0 aromatic carbocycles. The summed E-state index contributed by atoms with van der Waals surface area (Å²) >= 11 is 0. The molecule has 2 bridgehead atoms. The summed E-state index contributed by atoms with van der Waals surface area (Å²) in [7, 11) is 0. The fourth-order valence-corrected chi connectivity index (χ4v) is 3.14. The highest BCUT2D eigenvalue weighted by atomic mass is 16.5. The Morgan fingerprint density at radius 1 is 1.00 bits per heavy atom. The molecular formula is C12H17NO4. The van der Waals surface area contributed by atoms with Gasteiger partial charge in [-0.2, -0.15) is 0 Å². The van der Waals surface area contributed by atoms with Crippen LogP contribution in [-0.4, -0.2) is 46.2 Å². The predicted molar refractivity (Wildman–Crippen MR) is 58.0 cm³/mol. The van der Waals surface area contributed by atoms with Crippen molar-refractivity contribution in [3.8, 4) is 0 Å². The molecule has 4 unspecified atom stereocenters. The van der Waals surface area contributed by atoms with Crippen LogP contribution in [0, 0.1) is 0 Å². The lowest BCUT2D eigenvalue weighted by atomic mass is 9.90. The molecule has 94 valence electrons. The van der Waals surface area contributed by atoms with E-state index in [1.165, 1.54) is 4.90 Å². The maximum absolute atomic E-state index is 12.1. The van der Waals surface area contributed by atoms with E-state index in [0.717, 1.165) is 19.3 Å². The van der Waals surface area contributed by atoms with Gasteiger partial charge in [-0.1, -0.05) is 12.8 Å². The van der Waals surface area contributed by atoms with Crippen molar-refractivity contribution < 1.29 is 19.4 Å². The van der Waals surface area contributed by atoms with E-state index in [4.69, 9.17) is 4.74 Å². The first-order valence-corrected chi connectivity index (χ1v) is 6.39. The van der Waals surface area contributed by atoms with Gasteiger partial charge in [0, 0.05) is 0 Å². The van der Waals surface area contributed by atoms with Crippen molar-refractivity contribution in [2.75, 3.05) is 0 Å². The summed E-state index contributed by atoms with van der Waals surface area (Å²) in [6.07, 6.45) is 3.14. The molecule has 1 N–H and O–H groups in total. The molecule has 5 nitrogen and oxygen atoms in total. The van der Waals surface area contributed by atoms with E-state index in [2.05, 4.69) is 0 Å². The zero-order valence-corrected chi connectivity index (χ0v) is 9.67. The highest BCUT2D eigenvalue weighted by molar-refractivity contribution is 6.02. The number of imide groups is 1. The molecule has 3 rings (SSSR count). The van der Waals surface area contributed by atoms with Crippen molar-refractivity contribution in [1.82, 2.24) is 4.90 Å². The molecule has 4 atom stereocenters. The first-order chi connectivity index (χ1) is 8.18. The lowest BCUT2D eigenvalue weighted by Gasteiger charge is -2.40. The van der Waals surface area contributed by atoms with E-state index in [1.54, 1.807) is 0 Å². The van der Waals surface area contributed by atoms with Gasteiger partial charge in [-0.15, -0.1) is 0 Å². The van der Waals surface area contributed by atoms with Crippen molar-refractivity contribution in [2.24, 2.45) is 0 Å². The van der Waals surface area contributed by atoms with E-state index < -0.39 is 18.3 Å². The molecule has 5 heteroatoms. The van der Waals surface area contributed by atoms with Crippen LogP contribution in [0.15, 0.2) is 0 Å². The Bertz CT molecular complexity index is 334. The van der Waals surface area contributed by atoms with Gasteiger partial charge in [-0.3, -0.25) is 14.5 Å². The van der Waals surface area contributed by atoms with Crippen molar-refractivity contribution >= 4 is 11.8 Å². The van der Waals surface area contributed by atoms with Crippen LogP contribution >= 0.6 is 0 Å². The maximum atomic E-state index is 12.1. The zero-order chi connectivity index (χ0) is 12.0. The fraction of sp³-hybridized carbons (Fsp3) is 0.833. The number of carbonyl (C=O) groups is 2. The third kappa shape index (κ3) is 1.68. The van der Waals surface area contributed by atoms with Gasteiger partial charge in [0.25, 0.3) is 11.8 Å². The summed E-state index contributed by atoms with van der Waals surface area (Å²) in [5, 5.41) is 9.96. The summed E-state index contributed by atoms with van der Waals surface area (Å²) < 4.78 is 5.36. The Morgan fingerprint density at radius 2 is 1.59 bits per heavy atom. The Balaban J connectivity index is 1.85. The number of nitrogens with zero attached hydrogens (tertiary/aromatic N) is 1. The second-order valence-electron chi connectivity index (χ2n) is 5.16. The standard InChI is InChI=1S/C12H17NO4/c14-8-4-2-1-3-7(8)13-11(15)9-5-6-10(17-9)12(13)16/h7-10,14H,1-6H2. The quantitative estimate of drug-likeness (QED) is 0.664. The van der Waals surface area contributed by atoms with Crippen molar-refractivity contribution in [2.45, 2.75) is 62.9 Å². The second-order valence-corrected chi connectivity index (χ2v) is 5.16. The summed E-state index contributed by atoms with van der Waals surface area (Å²) in [5.74, 6) is -0.482. The number of likely N-dealkylation sites (tertiary alicyclic amines) is 1. The number of morpholine rings is 1. The molecule has 3 fully saturated rings. The van der Waals surface area contributed by atoms with Crippen LogP contribution in [0.2, 0.25) is 0 Å². The normalized spacial score (nSPS) is 42.1. The zero-order valence-electron chi connectivity index (χ0n) is 9.67. The van der Waals surface area contributed by atoms with Crippen LogP contribution in [0.5, 0.6) is 0 Å². The number of aliphatic hydroxyl groups excluding tert-OH is 1. The fourth-order valence-electron chi connectivity index (χ4n) is 3.14. The van der Waals surface area contributed by atoms with Crippen LogP contribution in [0.4, 0.5) is 0 Å². The minimum absolute atomic E-state index is 0.241. The number of carbonyl (C=O) groups excluding carboxylic acids is 2. The Hall–Kier alpha value is -0.940. The second kappa shape index (κ2) is 4.07. The molecule has 3 aliphatic rings. The number of aliphatic hydroxyl groups is 1. The summed E-state index contributed by atoms with van der Waals surface area (Å²) in [4.78, 5) is 25.5. The monoisotopic (exact) mass is 239 g/mol. The van der Waals surface area contributed by atoms with Crippen molar-refractivity contribution in [3.63, 3.8) is 0 Å². The summed E-state index contributed by atoms with van der Waals surface area (Å²) in [6, 6.07) is -0.323. The number of amides is 2. The minimum atomic E-state index is -0.561. The molecule has 1 saturated carbocycles. The van der Waals surface area contributed by atoms with Crippen molar-refractivity contribution in [1.29, 1.82) is 0 Å². The van der Waals surface area contributed by atoms with Gasteiger partial charge in [0.05, 0.1) is 12.1 Å².